The SMILES string of the molecule is Cc1ccc(CN)nc1.Cl. The molecule has 0 amide bonds. The maximum absolute atomic E-state index is 5.34. The summed E-state index contributed by atoms with van der Waals surface area (Å²) in [6.45, 7) is 2.54. The lowest BCUT2D eigenvalue weighted by Crippen LogP contribution is -1.98. The lowest BCUT2D eigenvalue weighted by Gasteiger charge is -1.93. The Labute approximate surface area is 66.9 Å². The second-order valence-corrected chi connectivity index (χ2v) is 2.03. The molecule has 0 radical (unpaired) electrons. The predicted octanol–water partition coefficient (Wildman–Crippen LogP) is 1.27. The van der Waals surface area contributed by atoms with Crippen molar-refractivity contribution in [2.24, 2.45) is 5.73 Å². The van der Waals surface area contributed by atoms with Crippen molar-refractivity contribution in [3.05, 3.63) is 29.6 Å². The highest BCUT2D eigenvalue weighted by Crippen LogP contribution is 1.95. The first kappa shape index (κ1) is 9.40. The normalized spacial score (nSPS) is 8.60. The highest BCUT2D eigenvalue weighted by molar-refractivity contribution is 5.85. The van der Waals surface area contributed by atoms with Crippen LogP contribution >= 0.6 is 12.4 Å². The van der Waals surface area contributed by atoms with Crippen molar-refractivity contribution in [3.8, 4) is 0 Å². The van der Waals surface area contributed by atoms with E-state index >= 15 is 0 Å². The van der Waals surface area contributed by atoms with E-state index in [0.29, 0.717) is 6.54 Å². The van der Waals surface area contributed by atoms with E-state index in [1.807, 2.05) is 25.3 Å². The maximum atomic E-state index is 5.34. The summed E-state index contributed by atoms with van der Waals surface area (Å²) in [6, 6.07) is 3.95. The Hall–Kier alpha value is -0.600. The zero-order chi connectivity index (χ0) is 6.69. The van der Waals surface area contributed by atoms with Gasteiger partial charge in [-0.25, -0.2) is 0 Å². The first-order chi connectivity index (χ1) is 4.33. The third-order valence-corrected chi connectivity index (χ3v) is 1.18. The fourth-order valence-electron chi connectivity index (χ4n) is 0.619. The Morgan fingerprint density at radius 2 is 2.20 bits per heavy atom. The van der Waals surface area contributed by atoms with E-state index in [-0.39, 0.29) is 12.4 Å². The van der Waals surface area contributed by atoms with Crippen LogP contribution in [0.3, 0.4) is 0 Å². The van der Waals surface area contributed by atoms with Crippen LogP contribution in [0.15, 0.2) is 18.3 Å². The molecule has 1 rings (SSSR count). The minimum atomic E-state index is 0. The molecule has 1 aromatic heterocycles. The number of nitrogens with zero attached hydrogens (tertiary/aromatic N) is 1. The molecule has 1 heterocycles. The summed E-state index contributed by atoms with van der Waals surface area (Å²) in [5, 5.41) is 0. The summed E-state index contributed by atoms with van der Waals surface area (Å²) in [4.78, 5) is 4.07. The van der Waals surface area contributed by atoms with Gasteiger partial charge in [0, 0.05) is 12.7 Å². The third kappa shape index (κ3) is 2.33. The van der Waals surface area contributed by atoms with Crippen molar-refractivity contribution < 1.29 is 0 Å². The number of pyridine rings is 1. The average Bonchev–Trinajstić information content (AvgIpc) is 1.90. The van der Waals surface area contributed by atoms with Gasteiger partial charge in [0.25, 0.3) is 0 Å². The number of aryl methyl sites for hydroxylation is 1. The Morgan fingerprint density at radius 3 is 2.60 bits per heavy atom. The zero-order valence-electron chi connectivity index (χ0n) is 5.87. The van der Waals surface area contributed by atoms with E-state index < -0.39 is 0 Å². The van der Waals surface area contributed by atoms with Crippen LogP contribution in [0.2, 0.25) is 0 Å². The minimum absolute atomic E-state index is 0. The molecule has 2 nitrogen and oxygen atoms in total. The molecule has 10 heavy (non-hydrogen) atoms. The molecule has 2 N–H and O–H groups in total. The fraction of sp³-hybridized carbons (Fsp3) is 0.286. The summed E-state index contributed by atoms with van der Waals surface area (Å²) in [6.07, 6.45) is 1.82. The second-order valence-electron chi connectivity index (χ2n) is 2.03. The summed E-state index contributed by atoms with van der Waals surface area (Å²) >= 11 is 0. The van der Waals surface area contributed by atoms with E-state index in [1.54, 1.807) is 0 Å². The largest absolute Gasteiger partial charge is 0.325 e. The molecule has 0 aliphatic carbocycles. The number of aromatic nitrogens is 1. The molecular weight excluding hydrogens is 148 g/mol. The van der Waals surface area contributed by atoms with E-state index in [1.165, 1.54) is 5.56 Å². The molecule has 0 atom stereocenters. The number of halogens is 1. The van der Waals surface area contributed by atoms with Crippen molar-refractivity contribution in [2.45, 2.75) is 13.5 Å². The van der Waals surface area contributed by atoms with Crippen molar-refractivity contribution in [1.29, 1.82) is 0 Å². The number of nitrogens with two attached hydrogens (primary N) is 1. The molecule has 0 unspecified atom stereocenters. The molecule has 1 aromatic rings. The second kappa shape index (κ2) is 4.25. The van der Waals surface area contributed by atoms with Crippen molar-refractivity contribution in [3.63, 3.8) is 0 Å². The van der Waals surface area contributed by atoms with Crippen LogP contribution in [-0.2, 0) is 6.54 Å². The van der Waals surface area contributed by atoms with Gasteiger partial charge in [0.1, 0.15) is 0 Å². The van der Waals surface area contributed by atoms with Crippen LogP contribution in [0.4, 0.5) is 0 Å². The summed E-state index contributed by atoms with van der Waals surface area (Å²) < 4.78 is 0. The van der Waals surface area contributed by atoms with Gasteiger partial charge in [-0.15, -0.1) is 12.4 Å². The number of hydrogen-bond acceptors (Lipinski definition) is 2. The lowest BCUT2D eigenvalue weighted by atomic mass is 10.3. The molecule has 0 fully saturated rings. The van der Waals surface area contributed by atoms with Crippen LogP contribution in [0.25, 0.3) is 0 Å². The summed E-state index contributed by atoms with van der Waals surface area (Å²) in [5.74, 6) is 0. The molecule has 0 saturated carbocycles. The van der Waals surface area contributed by atoms with Crippen LogP contribution in [0.5, 0.6) is 0 Å². The molecule has 0 saturated heterocycles. The molecular formula is C7H11ClN2. The van der Waals surface area contributed by atoms with E-state index in [9.17, 15) is 0 Å². The summed E-state index contributed by atoms with van der Waals surface area (Å²) in [7, 11) is 0. The quantitative estimate of drug-likeness (QED) is 0.669. The predicted molar refractivity (Wildman–Crippen MR) is 44.1 cm³/mol. The van der Waals surface area contributed by atoms with Gasteiger partial charge in [-0.3, -0.25) is 4.98 Å². The smallest absolute Gasteiger partial charge is 0.0539 e. The molecule has 0 aromatic carbocycles. The maximum Gasteiger partial charge on any atom is 0.0539 e. The topological polar surface area (TPSA) is 38.9 Å². The van der Waals surface area contributed by atoms with Gasteiger partial charge in [-0.2, -0.15) is 0 Å². The standard InChI is InChI=1S/C7H10N2.ClH/c1-6-2-3-7(4-8)9-5-6;/h2-3,5H,4,8H2,1H3;1H. The van der Waals surface area contributed by atoms with Crippen molar-refractivity contribution in [2.75, 3.05) is 0 Å². The van der Waals surface area contributed by atoms with Crippen LogP contribution in [-0.4, -0.2) is 4.98 Å². The molecule has 0 aliphatic heterocycles. The van der Waals surface area contributed by atoms with Gasteiger partial charge in [0.05, 0.1) is 5.69 Å². The summed E-state index contributed by atoms with van der Waals surface area (Å²) in [5.41, 5.74) is 7.46. The van der Waals surface area contributed by atoms with Crippen LogP contribution in [0.1, 0.15) is 11.3 Å². The third-order valence-electron chi connectivity index (χ3n) is 1.18. The first-order valence-corrected chi connectivity index (χ1v) is 2.94. The minimum Gasteiger partial charge on any atom is -0.325 e. The molecule has 0 bridgehead atoms. The van der Waals surface area contributed by atoms with Gasteiger partial charge >= 0.3 is 0 Å². The Kier molecular flexibility index (Phi) is 4.00. The molecule has 3 heteroatoms. The highest BCUT2D eigenvalue weighted by atomic mass is 35.5. The van der Waals surface area contributed by atoms with E-state index in [2.05, 4.69) is 4.98 Å². The Bertz CT molecular complexity index is 183. The molecule has 0 aliphatic rings. The first-order valence-electron chi connectivity index (χ1n) is 2.94. The van der Waals surface area contributed by atoms with Gasteiger partial charge in [0.2, 0.25) is 0 Å². The average molecular weight is 159 g/mol. The molecule has 56 valence electrons. The zero-order valence-corrected chi connectivity index (χ0v) is 6.69. The van der Waals surface area contributed by atoms with Gasteiger partial charge in [0.15, 0.2) is 0 Å². The van der Waals surface area contributed by atoms with Gasteiger partial charge in [-0.1, -0.05) is 6.07 Å². The van der Waals surface area contributed by atoms with E-state index in [0.717, 1.165) is 5.69 Å². The van der Waals surface area contributed by atoms with Gasteiger partial charge in [-0.05, 0) is 18.6 Å². The molecule has 0 spiro atoms. The number of rotatable bonds is 1. The lowest BCUT2D eigenvalue weighted by molar-refractivity contribution is 0.984. The number of hydrogen-bond donors (Lipinski definition) is 1. The Morgan fingerprint density at radius 1 is 1.50 bits per heavy atom. The highest BCUT2D eigenvalue weighted by Gasteiger charge is 1.86. The van der Waals surface area contributed by atoms with Crippen molar-refractivity contribution in [1.82, 2.24) is 4.98 Å². The van der Waals surface area contributed by atoms with E-state index in [4.69, 9.17) is 5.73 Å². The van der Waals surface area contributed by atoms with Crippen LogP contribution < -0.4 is 5.73 Å². The fourth-order valence-corrected chi connectivity index (χ4v) is 0.619. The Balaban J connectivity index is 0.000000810. The van der Waals surface area contributed by atoms with Crippen LogP contribution in [0, 0.1) is 6.92 Å². The van der Waals surface area contributed by atoms with Crippen molar-refractivity contribution >= 4 is 12.4 Å². The monoisotopic (exact) mass is 158 g/mol. The van der Waals surface area contributed by atoms with Gasteiger partial charge < -0.3 is 5.73 Å².